The Morgan fingerprint density at radius 1 is 1.30 bits per heavy atom. The minimum Gasteiger partial charge on any atom is -0.494 e. The number of amides is 2. The number of rotatable bonds is 8. The predicted molar refractivity (Wildman–Crippen MR) is 111 cm³/mol. The molecule has 1 aromatic carbocycles. The molecule has 2 aromatic rings. The zero-order valence-electron chi connectivity index (χ0n) is 17.0. The highest BCUT2D eigenvalue weighted by Gasteiger charge is 2.44. The van der Waals surface area contributed by atoms with Crippen molar-refractivity contribution in [3.05, 3.63) is 40.4 Å². The maximum atomic E-state index is 12.8. The van der Waals surface area contributed by atoms with Crippen LogP contribution in [0, 0.1) is 0 Å². The quantitative estimate of drug-likeness (QED) is 0.461. The van der Waals surface area contributed by atoms with Crippen LogP contribution in [-0.4, -0.2) is 51.2 Å². The summed E-state index contributed by atoms with van der Waals surface area (Å²) in [5, 5.41) is 5.50. The van der Waals surface area contributed by atoms with Gasteiger partial charge in [0.2, 0.25) is 5.91 Å². The van der Waals surface area contributed by atoms with Gasteiger partial charge in [-0.3, -0.25) is 19.0 Å². The van der Waals surface area contributed by atoms with Crippen LogP contribution in [0.1, 0.15) is 26.0 Å². The number of hydrogen-bond acceptors (Lipinski definition) is 6. The van der Waals surface area contributed by atoms with Gasteiger partial charge in [-0.05, 0) is 55.6 Å². The molecule has 0 aliphatic carbocycles. The Hall–Kier alpha value is -3.21. The number of aromatic nitrogens is 2. The van der Waals surface area contributed by atoms with E-state index in [0.717, 1.165) is 0 Å². The van der Waals surface area contributed by atoms with Crippen LogP contribution in [0.3, 0.4) is 0 Å². The molecule has 160 valence electrons. The standard InChI is InChI=1S/C19H23N5O5S/c1-4-23-17(26)14(24(19(23)30)11-15-18(27)29-21-22(15)3)10-16(25)20-12-6-8-13(9-7-12)28-5-2/h6-9,14H,4-5,10-11H2,1-3H3,(H-,20,21,25,27)/p+1. The normalized spacial score (nSPS) is 16.3. The van der Waals surface area contributed by atoms with E-state index in [1.165, 1.54) is 9.58 Å². The SMILES string of the molecule is CCOc1ccc(NC(=O)CC2C(=O)N(CC)C(=S)N2Cc2c(=O)o[nH][n+]2C)cc1. The van der Waals surface area contributed by atoms with Gasteiger partial charge < -0.3 is 15.0 Å². The number of hydrogen-bond donors (Lipinski definition) is 2. The van der Waals surface area contributed by atoms with E-state index in [-0.39, 0.29) is 29.9 Å². The first kappa shape index (κ1) is 21.5. The van der Waals surface area contributed by atoms with E-state index in [1.807, 2.05) is 6.92 Å². The van der Waals surface area contributed by atoms with Crippen molar-refractivity contribution in [3.63, 3.8) is 0 Å². The van der Waals surface area contributed by atoms with Gasteiger partial charge in [-0.25, -0.2) is 4.79 Å². The number of carbonyl (C=O) groups is 2. The van der Waals surface area contributed by atoms with E-state index < -0.39 is 11.7 Å². The molecular weight excluding hydrogens is 410 g/mol. The number of nitrogens with one attached hydrogen (secondary N) is 2. The highest BCUT2D eigenvalue weighted by molar-refractivity contribution is 7.80. The Balaban J connectivity index is 1.75. The highest BCUT2D eigenvalue weighted by atomic mass is 32.1. The summed E-state index contributed by atoms with van der Waals surface area (Å²) in [6.07, 6.45) is -0.109. The first-order chi connectivity index (χ1) is 14.3. The minimum absolute atomic E-state index is 0.0460. The number of anilines is 1. The number of aryl methyl sites for hydroxylation is 1. The van der Waals surface area contributed by atoms with Crippen molar-refractivity contribution in [2.24, 2.45) is 7.05 Å². The molecule has 0 spiro atoms. The molecule has 1 aliphatic heterocycles. The number of H-pyrrole nitrogens is 1. The number of thiocarbonyl (C=S) groups is 1. The number of likely N-dealkylation sites (N-methyl/N-ethyl adjacent to an activating group) is 1. The second-order valence-corrected chi connectivity index (χ2v) is 7.07. The topological polar surface area (TPSA) is 112 Å². The third-order valence-electron chi connectivity index (χ3n) is 4.78. The number of aromatic amines is 1. The molecule has 1 fully saturated rings. The average Bonchev–Trinajstić information content (AvgIpc) is 3.14. The van der Waals surface area contributed by atoms with Gasteiger partial charge in [0.1, 0.15) is 18.3 Å². The summed E-state index contributed by atoms with van der Waals surface area (Å²) in [5.41, 5.74) is 0.327. The molecule has 1 unspecified atom stereocenters. The van der Waals surface area contributed by atoms with Crippen molar-refractivity contribution in [2.75, 3.05) is 18.5 Å². The molecule has 11 heteroatoms. The lowest BCUT2D eigenvalue weighted by Crippen LogP contribution is -2.44. The Morgan fingerprint density at radius 2 is 2.00 bits per heavy atom. The van der Waals surface area contributed by atoms with Gasteiger partial charge in [-0.1, -0.05) is 4.68 Å². The molecule has 2 N–H and O–H groups in total. The van der Waals surface area contributed by atoms with Crippen molar-refractivity contribution in [1.29, 1.82) is 0 Å². The predicted octanol–water partition coefficient (Wildman–Crippen LogP) is 0.538. The Bertz CT molecular complexity index is 999. The fourth-order valence-corrected chi connectivity index (χ4v) is 3.65. The van der Waals surface area contributed by atoms with Crippen molar-refractivity contribution in [3.8, 4) is 5.75 Å². The molecule has 30 heavy (non-hydrogen) atoms. The summed E-state index contributed by atoms with van der Waals surface area (Å²) in [7, 11) is 1.62. The van der Waals surface area contributed by atoms with Crippen LogP contribution in [0.2, 0.25) is 0 Å². The van der Waals surface area contributed by atoms with Gasteiger partial charge in [-0.2, -0.15) is 0 Å². The lowest BCUT2D eigenvalue weighted by atomic mass is 10.1. The van der Waals surface area contributed by atoms with Gasteiger partial charge in [0.15, 0.2) is 12.2 Å². The Kier molecular flexibility index (Phi) is 6.50. The van der Waals surface area contributed by atoms with Crippen LogP contribution < -0.4 is 20.4 Å². The first-order valence-corrected chi connectivity index (χ1v) is 9.97. The molecule has 0 bridgehead atoms. The van der Waals surface area contributed by atoms with Crippen LogP contribution >= 0.6 is 12.2 Å². The highest BCUT2D eigenvalue weighted by Crippen LogP contribution is 2.23. The van der Waals surface area contributed by atoms with Gasteiger partial charge in [0, 0.05) is 12.2 Å². The van der Waals surface area contributed by atoms with Crippen LogP contribution in [-0.2, 0) is 23.2 Å². The monoisotopic (exact) mass is 434 g/mol. The van der Waals surface area contributed by atoms with E-state index in [4.69, 9.17) is 21.5 Å². The first-order valence-electron chi connectivity index (χ1n) is 9.56. The van der Waals surface area contributed by atoms with Gasteiger partial charge in [0.25, 0.3) is 5.91 Å². The van der Waals surface area contributed by atoms with Crippen LogP contribution in [0.5, 0.6) is 5.75 Å². The van der Waals surface area contributed by atoms with Crippen LogP contribution in [0.25, 0.3) is 0 Å². The van der Waals surface area contributed by atoms with Crippen molar-refractivity contribution in [2.45, 2.75) is 32.9 Å². The lowest BCUT2D eigenvalue weighted by Gasteiger charge is -2.21. The number of nitrogens with zero attached hydrogens (tertiary/aromatic N) is 3. The summed E-state index contributed by atoms with van der Waals surface area (Å²) < 4.78 is 11.6. The van der Waals surface area contributed by atoms with E-state index in [9.17, 15) is 14.4 Å². The van der Waals surface area contributed by atoms with Crippen molar-refractivity contribution in [1.82, 2.24) is 15.1 Å². The summed E-state index contributed by atoms with van der Waals surface area (Å²) in [4.78, 5) is 40.4. The van der Waals surface area contributed by atoms with Crippen LogP contribution in [0.4, 0.5) is 5.69 Å². The average molecular weight is 434 g/mol. The zero-order valence-corrected chi connectivity index (χ0v) is 17.8. The molecule has 2 heterocycles. The number of ether oxygens (including phenoxy) is 1. The minimum atomic E-state index is -0.811. The summed E-state index contributed by atoms with van der Waals surface area (Å²) in [5.74, 6) is 0.0930. The molecule has 1 aliphatic rings. The molecule has 1 atom stereocenters. The lowest BCUT2D eigenvalue weighted by molar-refractivity contribution is -0.746. The second kappa shape index (κ2) is 9.08. The number of carbonyl (C=O) groups excluding carboxylic acids is 2. The molecule has 10 nitrogen and oxygen atoms in total. The molecule has 2 amide bonds. The van der Waals surface area contributed by atoms with E-state index in [0.29, 0.717) is 30.3 Å². The molecule has 1 saturated heterocycles. The number of benzene rings is 1. The second-order valence-electron chi connectivity index (χ2n) is 6.70. The third kappa shape index (κ3) is 4.35. The molecule has 3 rings (SSSR count). The van der Waals surface area contributed by atoms with Gasteiger partial charge >= 0.3 is 11.3 Å². The molecule has 1 aromatic heterocycles. The Labute approximate surface area is 178 Å². The van der Waals surface area contributed by atoms with Crippen molar-refractivity contribution >= 4 is 34.8 Å². The summed E-state index contributed by atoms with van der Waals surface area (Å²) in [6.45, 7) is 4.66. The maximum Gasteiger partial charge on any atom is 0.431 e. The van der Waals surface area contributed by atoms with E-state index in [2.05, 4.69) is 10.6 Å². The third-order valence-corrected chi connectivity index (χ3v) is 5.24. The smallest absolute Gasteiger partial charge is 0.431 e. The molecule has 0 saturated carbocycles. The van der Waals surface area contributed by atoms with E-state index >= 15 is 0 Å². The molecular formula is C19H24N5O5S+. The van der Waals surface area contributed by atoms with Crippen LogP contribution in [0.15, 0.2) is 33.6 Å². The summed E-state index contributed by atoms with van der Waals surface area (Å²) >= 11 is 5.43. The largest absolute Gasteiger partial charge is 0.494 e. The van der Waals surface area contributed by atoms with Crippen molar-refractivity contribution < 1.29 is 23.5 Å². The molecule has 0 radical (unpaired) electrons. The van der Waals surface area contributed by atoms with E-state index in [1.54, 1.807) is 43.1 Å². The fraction of sp³-hybridized carbons (Fsp3) is 0.421. The van der Waals surface area contributed by atoms with Gasteiger partial charge in [0.05, 0.1) is 13.0 Å². The maximum absolute atomic E-state index is 12.8. The summed E-state index contributed by atoms with van der Waals surface area (Å²) in [6, 6.07) is 6.15. The fourth-order valence-electron chi connectivity index (χ4n) is 3.24. The zero-order chi connectivity index (χ0) is 21.8. The van der Waals surface area contributed by atoms with Gasteiger partial charge in [-0.15, -0.1) is 0 Å². The Morgan fingerprint density at radius 3 is 2.57 bits per heavy atom.